The first-order chi connectivity index (χ1) is 16.2. The van der Waals surface area contributed by atoms with Gasteiger partial charge in [0.25, 0.3) is 0 Å². The molecule has 0 saturated heterocycles. The highest BCUT2D eigenvalue weighted by molar-refractivity contribution is 6.25. The van der Waals surface area contributed by atoms with Crippen LogP contribution in [-0.2, 0) is 25.5 Å². The molecule has 1 amide bonds. The van der Waals surface area contributed by atoms with Gasteiger partial charge in [-0.2, -0.15) is 0 Å². The largest absolute Gasteiger partial charge is 0.464 e. The number of hydrogen-bond donors (Lipinski definition) is 3. The molecular formula is C25H38Cl2N2O5. The van der Waals surface area contributed by atoms with Crippen LogP contribution in [0.1, 0.15) is 38.7 Å². The molecular weight excluding hydrogens is 479 g/mol. The van der Waals surface area contributed by atoms with E-state index in [-0.39, 0.29) is 25.4 Å². The molecule has 6 atom stereocenters. The number of amides is 1. The standard InChI is InChI=1S/C25H38Cl2N2O5/c1-16(2)15-34-25(32)20(13-17-9-5-4-6-10-17)29-24(31)18-14-19(26)23(21(27)22(18)30)33-12-8-7-11-28-3/h4-6,9-10,16,18-23,28,30H,7-8,11-15H2,1-3H3,(H,29,31)/t18?,19?,20-,21?,22?,23?/m0/s1. The summed E-state index contributed by atoms with van der Waals surface area (Å²) in [5, 5.41) is 15.3. The summed E-state index contributed by atoms with van der Waals surface area (Å²) < 4.78 is 11.2. The van der Waals surface area contributed by atoms with E-state index in [1.54, 1.807) is 0 Å². The van der Waals surface area contributed by atoms with Crippen molar-refractivity contribution < 1.29 is 24.2 Å². The van der Waals surface area contributed by atoms with Gasteiger partial charge in [0.2, 0.25) is 5.91 Å². The quantitative estimate of drug-likeness (QED) is 0.212. The second-order valence-corrected chi connectivity index (χ2v) is 10.3. The summed E-state index contributed by atoms with van der Waals surface area (Å²) in [4.78, 5) is 25.9. The zero-order chi connectivity index (χ0) is 25.1. The van der Waals surface area contributed by atoms with Crippen LogP contribution in [0, 0.1) is 11.8 Å². The second kappa shape index (κ2) is 14.9. The number of esters is 1. The van der Waals surface area contributed by atoms with Gasteiger partial charge in [-0.05, 0) is 44.3 Å². The van der Waals surface area contributed by atoms with E-state index in [0.29, 0.717) is 6.61 Å². The van der Waals surface area contributed by atoms with Crippen molar-refractivity contribution >= 4 is 35.1 Å². The number of ether oxygens (including phenoxy) is 2. The molecule has 7 nitrogen and oxygen atoms in total. The predicted octanol–water partition coefficient (Wildman–Crippen LogP) is 2.89. The lowest BCUT2D eigenvalue weighted by Gasteiger charge is -2.39. The maximum Gasteiger partial charge on any atom is 0.328 e. The van der Waals surface area contributed by atoms with Gasteiger partial charge >= 0.3 is 5.97 Å². The fraction of sp³-hybridized carbons (Fsp3) is 0.680. The molecule has 1 saturated carbocycles. The summed E-state index contributed by atoms with van der Waals surface area (Å²) in [6, 6.07) is 8.50. The molecule has 9 heteroatoms. The minimum absolute atomic E-state index is 0.168. The number of nitrogens with one attached hydrogen (secondary N) is 2. The Morgan fingerprint density at radius 2 is 1.88 bits per heavy atom. The zero-order valence-electron chi connectivity index (χ0n) is 20.2. The van der Waals surface area contributed by atoms with Gasteiger partial charge in [0.05, 0.1) is 35.5 Å². The van der Waals surface area contributed by atoms with Crippen LogP contribution in [0.2, 0.25) is 0 Å². The minimum Gasteiger partial charge on any atom is -0.464 e. The number of hydrogen-bond acceptors (Lipinski definition) is 6. The highest BCUT2D eigenvalue weighted by Crippen LogP contribution is 2.34. The van der Waals surface area contributed by atoms with Gasteiger partial charge in [-0.25, -0.2) is 4.79 Å². The zero-order valence-corrected chi connectivity index (χ0v) is 21.7. The lowest BCUT2D eigenvalue weighted by molar-refractivity contribution is -0.150. The molecule has 1 aromatic rings. The monoisotopic (exact) mass is 516 g/mol. The van der Waals surface area contributed by atoms with E-state index in [2.05, 4.69) is 10.6 Å². The van der Waals surface area contributed by atoms with E-state index in [1.165, 1.54) is 0 Å². The number of rotatable bonds is 13. The molecule has 5 unspecified atom stereocenters. The number of carbonyl (C=O) groups is 2. The predicted molar refractivity (Wildman–Crippen MR) is 134 cm³/mol. The highest BCUT2D eigenvalue weighted by Gasteiger charge is 2.46. The number of carbonyl (C=O) groups excluding carboxylic acids is 2. The molecule has 1 fully saturated rings. The molecule has 0 aliphatic heterocycles. The van der Waals surface area contributed by atoms with Crippen molar-refractivity contribution in [3.05, 3.63) is 35.9 Å². The van der Waals surface area contributed by atoms with Crippen LogP contribution in [-0.4, -0.2) is 72.8 Å². The van der Waals surface area contributed by atoms with Crippen molar-refractivity contribution in [2.24, 2.45) is 11.8 Å². The van der Waals surface area contributed by atoms with Crippen LogP contribution in [0.15, 0.2) is 30.3 Å². The Morgan fingerprint density at radius 1 is 1.18 bits per heavy atom. The van der Waals surface area contributed by atoms with Crippen molar-refractivity contribution in [1.82, 2.24) is 10.6 Å². The summed E-state index contributed by atoms with van der Waals surface area (Å²) in [5.74, 6) is -1.67. The number of halogens is 2. The first kappa shape index (κ1) is 28.9. The Balaban J connectivity index is 2.02. The number of unbranched alkanes of at least 4 members (excludes halogenated alkanes) is 1. The summed E-state index contributed by atoms with van der Waals surface area (Å²) in [7, 11) is 1.89. The molecule has 1 aliphatic rings. The van der Waals surface area contributed by atoms with Crippen LogP contribution >= 0.6 is 23.2 Å². The summed E-state index contributed by atoms with van der Waals surface area (Å²) in [6.45, 7) is 5.50. The number of benzene rings is 1. The maximum atomic E-state index is 13.1. The smallest absolute Gasteiger partial charge is 0.328 e. The molecule has 0 heterocycles. The fourth-order valence-corrected chi connectivity index (χ4v) is 4.80. The first-order valence-electron chi connectivity index (χ1n) is 12.0. The maximum absolute atomic E-state index is 13.1. The normalized spacial score (nSPS) is 25.7. The fourth-order valence-electron chi connectivity index (χ4n) is 3.88. The Bertz CT molecular complexity index is 752. The lowest BCUT2D eigenvalue weighted by Crippen LogP contribution is -2.56. The average Bonchev–Trinajstić information content (AvgIpc) is 2.81. The van der Waals surface area contributed by atoms with E-state index in [0.717, 1.165) is 24.9 Å². The molecule has 0 radical (unpaired) electrons. The highest BCUT2D eigenvalue weighted by atomic mass is 35.5. The van der Waals surface area contributed by atoms with Gasteiger partial charge in [-0.1, -0.05) is 44.2 Å². The van der Waals surface area contributed by atoms with Gasteiger partial charge in [-0.3, -0.25) is 4.79 Å². The molecule has 1 aromatic carbocycles. The Morgan fingerprint density at radius 3 is 2.53 bits per heavy atom. The molecule has 1 aliphatic carbocycles. The van der Waals surface area contributed by atoms with Gasteiger partial charge < -0.3 is 25.2 Å². The van der Waals surface area contributed by atoms with Crippen molar-refractivity contribution in [3.63, 3.8) is 0 Å². The Kier molecular flexibility index (Phi) is 12.6. The van der Waals surface area contributed by atoms with Crippen LogP contribution in [0.5, 0.6) is 0 Å². The Hall–Kier alpha value is -1.38. The molecule has 0 aromatic heterocycles. The summed E-state index contributed by atoms with van der Waals surface area (Å²) >= 11 is 13.0. The minimum atomic E-state index is -1.15. The van der Waals surface area contributed by atoms with Gasteiger partial charge in [0.1, 0.15) is 6.04 Å². The third-order valence-electron chi connectivity index (χ3n) is 5.80. The summed E-state index contributed by atoms with van der Waals surface area (Å²) in [6.07, 6.45) is 0.546. The van der Waals surface area contributed by atoms with E-state index < -0.39 is 46.8 Å². The second-order valence-electron chi connectivity index (χ2n) is 9.21. The number of alkyl halides is 2. The topological polar surface area (TPSA) is 96.9 Å². The third kappa shape index (κ3) is 9.00. The van der Waals surface area contributed by atoms with Crippen molar-refractivity contribution in [2.75, 3.05) is 26.8 Å². The van der Waals surface area contributed by atoms with E-state index in [9.17, 15) is 14.7 Å². The van der Waals surface area contributed by atoms with Gasteiger partial charge in [0, 0.05) is 13.0 Å². The van der Waals surface area contributed by atoms with Crippen molar-refractivity contribution in [3.8, 4) is 0 Å². The molecule has 0 bridgehead atoms. The van der Waals surface area contributed by atoms with Crippen molar-refractivity contribution in [2.45, 2.75) is 68.5 Å². The average molecular weight is 517 g/mol. The van der Waals surface area contributed by atoms with Gasteiger partial charge in [0.15, 0.2) is 0 Å². The molecule has 0 spiro atoms. The first-order valence-corrected chi connectivity index (χ1v) is 12.8. The van der Waals surface area contributed by atoms with Crippen LogP contribution in [0.4, 0.5) is 0 Å². The Labute approximate surface area is 212 Å². The molecule has 3 N–H and O–H groups in total. The third-order valence-corrected chi connectivity index (χ3v) is 6.73. The van der Waals surface area contributed by atoms with E-state index in [4.69, 9.17) is 32.7 Å². The molecule has 2 rings (SSSR count). The van der Waals surface area contributed by atoms with Crippen molar-refractivity contribution in [1.29, 1.82) is 0 Å². The molecule has 192 valence electrons. The van der Waals surface area contributed by atoms with Crippen LogP contribution in [0.25, 0.3) is 0 Å². The van der Waals surface area contributed by atoms with E-state index in [1.807, 2.05) is 51.2 Å². The van der Waals surface area contributed by atoms with Crippen LogP contribution < -0.4 is 10.6 Å². The number of aliphatic hydroxyl groups is 1. The van der Waals surface area contributed by atoms with Gasteiger partial charge in [-0.15, -0.1) is 23.2 Å². The SMILES string of the molecule is CNCCCCOC1C(Cl)CC(C(=O)N[C@@H](Cc2ccccc2)C(=O)OCC(C)C)C(O)C1Cl. The van der Waals surface area contributed by atoms with Crippen LogP contribution in [0.3, 0.4) is 0 Å². The summed E-state index contributed by atoms with van der Waals surface area (Å²) in [5.41, 5.74) is 0.885. The molecule has 34 heavy (non-hydrogen) atoms. The van der Waals surface area contributed by atoms with E-state index >= 15 is 0 Å². The lowest BCUT2D eigenvalue weighted by atomic mass is 9.83. The number of aliphatic hydroxyl groups excluding tert-OH is 1.